The van der Waals surface area contributed by atoms with E-state index in [-0.39, 0.29) is 21.3 Å². The van der Waals surface area contributed by atoms with E-state index in [0.29, 0.717) is 13.2 Å². The van der Waals surface area contributed by atoms with Gasteiger partial charge in [0.25, 0.3) is 17.9 Å². The first-order valence-corrected chi connectivity index (χ1v) is 10.7. The third-order valence-corrected chi connectivity index (χ3v) is 5.14. The van der Waals surface area contributed by atoms with Gasteiger partial charge < -0.3 is 20.7 Å². The van der Waals surface area contributed by atoms with Crippen LogP contribution in [0.5, 0.6) is 0 Å². The van der Waals surface area contributed by atoms with Crippen molar-refractivity contribution in [1.82, 2.24) is 9.88 Å². The van der Waals surface area contributed by atoms with Gasteiger partial charge in [-0.3, -0.25) is 14.2 Å². The van der Waals surface area contributed by atoms with Gasteiger partial charge in [0.1, 0.15) is 15.3 Å². The molecule has 0 unspecified atom stereocenters. The van der Waals surface area contributed by atoms with E-state index in [0.717, 1.165) is 22.7 Å². The van der Waals surface area contributed by atoms with Gasteiger partial charge in [-0.1, -0.05) is 28.9 Å². The second-order valence-electron chi connectivity index (χ2n) is 6.43. The summed E-state index contributed by atoms with van der Waals surface area (Å²) in [7, 11) is 1.62. The highest BCUT2D eigenvalue weighted by atomic mass is 32.1. The van der Waals surface area contributed by atoms with Crippen LogP contribution in [0.25, 0.3) is 11.5 Å². The van der Waals surface area contributed by atoms with E-state index in [9.17, 15) is 23.6 Å². The van der Waals surface area contributed by atoms with Gasteiger partial charge in [0.15, 0.2) is 5.57 Å². The third-order valence-electron chi connectivity index (χ3n) is 4.13. The number of rotatable bonds is 10. The number of anilines is 2. The van der Waals surface area contributed by atoms with Crippen LogP contribution in [0.4, 0.5) is 20.2 Å². The monoisotopic (exact) mass is 475 g/mol. The lowest BCUT2D eigenvalue weighted by Gasteiger charge is -2.07. The second-order valence-corrected chi connectivity index (χ2v) is 7.43. The first-order chi connectivity index (χ1) is 15.9. The van der Waals surface area contributed by atoms with Gasteiger partial charge in [-0.2, -0.15) is 5.26 Å². The number of halogens is 2. The fourth-order valence-corrected chi connectivity index (χ4v) is 3.57. The number of ether oxygens (including phenoxy) is 1. The Balaban J connectivity index is 2.38. The standard InChI is InChI=1S/C22H23F2N5O3S/c1-3-29-20(11-15(13-25)21(30)28-14-19(23)24)33-18(22(29)31)7-8-26-16-5-4-6-17(12-16)27-9-10-32-2/h4-6,8,12,19,26-27H,3,9-10,14H2,1-2H3,(H,28,30). The van der Waals surface area contributed by atoms with Gasteiger partial charge in [-0.25, -0.2) is 8.78 Å². The molecule has 0 spiro atoms. The molecular weight excluding hydrogens is 452 g/mol. The molecule has 11 heteroatoms. The van der Waals surface area contributed by atoms with Crippen molar-refractivity contribution in [2.75, 3.05) is 37.4 Å². The molecule has 0 saturated carbocycles. The largest absolute Gasteiger partial charge is 0.383 e. The molecule has 0 saturated heterocycles. The molecule has 0 atom stereocenters. The van der Waals surface area contributed by atoms with E-state index in [4.69, 9.17) is 4.74 Å². The normalized spacial score (nSPS) is 10.1. The fraction of sp³-hybridized carbons (Fsp3) is 0.318. The number of nitrogens with one attached hydrogen (secondary N) is 3. The summed E-state index contributed by atoms with van der Waals surface area (Å²) in [6, 6.07) is 9.12. The second kappa shape index (κ2) is 13.0. The zero-order chi connectivity index (χ0) is 24.2. The maximum Gasteiger partial charge on any atom is 0.277 e. The Bertz CT molecular complexity index is 1270. The Hall–Kier alpha value is -3.67. The predicted octanol–water partition coefficient (Wildman–Crippen LogP) is 1.20. The smallest absolute Gasteiger partial charge is 0.277 e. The lowest BCUT2D eigenvalue weighted by molar-refractivity contribution is -0.117. The van der Waals surface area contributed by atoms with E-state index in [1.807, 2.05) is 29.6 Å². The molecule has 0 aliphatic carbocycles. The highest BCUT2D eigenvalue weighted by Gasteiger charge is 2.11. The van der Waals surface area contributed by atoms with E-state index in [2.05, 4.69) is 22.1 Å². The molecule has 1 heterocycles. The molecule has 8 nitrogen and oxygen atoms in total. The number of carbonyl (C=O) groups is 1. The molecule has 1 amide bonds. The van der Waals surface area contributed by atoms with Crippen LogP contribution in [0.1, 0.15) is 6.92 Å². The van der Waals surface area contributed by atoms with Gasteiger partial charge in [-0.15, -0.1) is 0 Å². The third kappa shape index (κ3) is 7.75. The molecule has 0 aliphatic rings. The summed E-state index contributed by atoms with van der Waals surface area (Å²) >= 11 is 0.979. The molecule has 33 heavy (non-hydrogen) atoms. The highest BCUT2D eigenvalue weighted by Crippen LogP contribution is 2.14. The lowest BCUT2D eigenvalue weighted by Crippen LogP contribution is -2.31. The van der Waals surface area contributed by atoms with Crippen LogP contribution in [0.15, 0.2) is 40.8 Å². The number of nitrogens with zero attached hydrogens (tertiary/aromatic N) is 2. The van der Waals surface area contributed by atoms with E-state index in [1.54, 1.807) is 20.1 Å². The number of carbonyl (C=O) groups excluding carboxylic acids is 1. The van der Waals surface area contributed by atoms with Gasteiger partial charge >= 0.3 is 0 Å². The summed E-state index contributed by atoms with van der Waals surface area (Å²) < 4.78 is 31.4. The molecule has 174 valence electrons. The average molecular weight is 476 g/mol. The number of thiazole rings is 1. The van der Waals surface area contributed by atoms with Gasteiger partial charge in [-0.05, 0) is 25.1 Å². The Labute approximate surface area is 192 Å². The number of hydrogen-bond donors (Lipinski definition) is 3. The van der Waals surface area contributed by atoms with Gasteiger partial charge in [0, 0.05) is 37.8 Å². The van der Waals surface area contributed by atoms with Crippen molar-refractivity contribution in [2.45, 2.75) is 19.9 Å². The SMILES string of the molecule is CCn1c(=C=C(C#N)C(=O)NCC(F)F)sc(=C=CNc2cccc(NCCOC)c2)c1=O. The van der Waals surface area contributed by atoms with E-state index >= 15 is 0 Å². The number of hydrogen-bond acceptors (Lipinski definition) is 7. The van der Waals surface area contributed by atoms with Crippen LogP contribution in [0.3, 0.4) is 0 Å². The zero-order valence-electron chi connectivity index (χ0n) is 18.1. The minimum atomic E-state index is -2.75. The summed E-state index contributed by atoms with van der Waals surface area (Å²) in [4.78, 5) is 24.5. The molecule has 0 radical (unpaired) electrons. The van der Waals surface area contributed by atoms with Crippen LogP contribution in [-0.4, -0.2) is 43.7 Å². The molecule has 1 aromatic heterocycles. The van der Waals surface area contributed by atoms with E-state index in [1.165, 1.54) is 10.8 Å². The van der Waals surface area contributed by atoms with Crippen LogP contribution >= 0.6 is 11.3 Å². The lowest BCUT2D eigenvalue weighted by atomic mass is 10.3. The van der Waals surface area contributed by atoms with Crippen molar-refractivity contribution < 1.29 is 18.3 Å². The predicted molar refractivity (Wildman–Crippen MR) is 123 cm³/mol. The van der Waals surface area contributed by atoms with Crippen molar-refractivity contribution in [3.63, 3.8) is 0 Å². The summed E-state index contributed by atoms with van der Waals surface area (Å²) in [6.07, 6.45) is -1.26. The molecule has 0 bridgehead atoms. The minimum Gasteiger partial charge on any atom is -0.383 e. The number of nitriles is 1. The topological polar surface area (TPSA) is 108 Å². The van der Waals surface area contributed by atoms with Crippen molar-refractivity contribution in [1.29, 1.82) is 5.26 Å². The Morgan fingerprint density at radius 3 is 2.79 bits per heavy atom. The first-order valence-electron chi connectivity index (χ1n) is 9.91. The first kappa shape index (κ1) is 25.6. The summed E-state index contributed by atoms with van der Waals surface area (Å²) in [5.41, 5.74) is 6.22. The zero-order valence-corrected chi connectivity index (χ0v) is 18.9. The van der Waals surface area contributed by atoms with Crippen LogP contribution < -0.4 is 30.7 Å². The van der Waals surface area contributed by atoms with Crippen molar-refractivity contribution >= 4 is 40.1 Å². The number of methoxy groups -OCH3 is 1. The minimum absolute atomic E-state index is 0.214. The summed E-state index contributed by atoms with van der Waals surface area (Å²) in [5, 5.41) is 17.4. The molecule has 0 aliphatic heterocycles. The van der Waals surface area contributed by atoms with Crippen LogP contribution in [-0.2, 0) is 16.1 Å². The molecular formula is C22H23F2N5O3S. The van der Waals surface area contributed by atoms with Crippen LogP contribution in [0.2, 0.25) is 0 Å². The van der Waals surface area contributed by atoms with Crippen molar-refractivity contribution in [2.24, 2.45) is 0 Å². The van der Waals surface area contributed by atoms with Gasteiger partial charge in [0.05, 0.1) is 13.2 Å². The molecule has 3 N–H and O–H groups in total. The number of benzene rings is 1. The quantitative estimate of drug-likeness (QED) is 0.271. The average Bonchev–Trinajstić information content (AvgIpc) is 3.10. The highest BCUT2D eigenvalue weighted by molar-refractivity contribution is 7.07. The maximum atomic E-state index is 12.6. The number of amides is 1. The van der Waals surface area contributed by atoms with Crippen molar-refractivity contribution in [3.05, 3.63) is 55.6 Å². The number of alkyl halides is 2. The Kier molecular flexibility index (Phi) is 10.1. The molecule has 2 rings (SSSR count). The Morgan fingerprint density at radius 1 is 1.36 bits per heavy atom. The van der Waals surface area contributed by atoms with Crippen molar-refractivity contribution in [3.8, 4) is 6.07 Å². The fourth-order valence-electron chi connectivity index (χ4n) is 2.58. The summed E-state index contributed by atoms with van der Waals surface area (Å²) in [6.45, 7) is 2.33. The molecule has 1 aromatic carbocycles. The van der Waals surface area contributed by atoms with Crippen LogP contribution in [0, 0.1) is 11.3 Å². The van der Waals surface area contributed by atoms with Gasteiger partial charge in [0.2, 0.25) is 0 Å². The maximum absolute atomic E-state index is 12.6. The molecule has 2 aromatic rings. The Morgan fingerprint density at radius 2 is 2.12 bits per heavy atom. The molecule has 0 fully saturated rings. The number of aromatic nitrogens is 1. The summed E-state index contributed by atoms with van der Waals surface area (Å²) in [5.74, 6) is -0.983. The van der Waals surface area contributed by atoms with E-state index < -0.39 is 24.5 Å².